The van der Waals surface area contributed by atoms with E-state index in [1.807, 2.05) is 18.1 Å². The zero-order chi connectivity index (χ0) is 26.3. The summed E-state index contributed by atoms with van der Waals surface area (Å²) < 4.78 is 42.6. The number of halogens is 3. The zero-order valence-corrected chi connectivity index (χ0v) is 20.9. The monoisotopic (exact) mass is 511 g/mol. The number of allylic oxidation sites excluding steroid dienone is 1. The van der Waals surface area contributed by atoms with Crippen molar-refractivity contribution in [2.24, 2.45) is 5.10 Å². The molecule has 2 heterocycles. The Balaban J connectivity index is 0.000000587. The summed E-state index contributed by atoms with van der Waals surface area (Å²) in [5.41, 5.74) is 0.946. The summed E-state index contributed by atoms with van der Waals surface area (Å²) in [5.74, 6) is -0.818. The van der Waals surface area contributed by atoms with E-state index in [1.54, 1.807) is 0 Å². The van der Waals surface area contributed by atoms with Crippen LogP contribution in [0.3, 0.4) is 0 Å². The molecule has 35 heavy (non-hydrogen) atoms. The van der Waals surface area contributed by atoms with Gasteiger partial charge in [0.2, 0.25) is 0 Å². The van der Waals surface area contributed by atoms with Gasteiger partial charge in [-0.1, -0.05) is 24.3 Å². The highest BCUT2D eigenvalue weighted by atomic mass is 32.1. The maximum Gasteiger partial charge on any atom is 0.416 e. The van der Waals surface area contributed by atoms with Gasteiger partial charge in [-0.25, -0.2) is 4.98 Å². The Hall–Kier alpha value is -2.98. The molecule has 0 fully saturated rings. The number of aliphatic carboxylic acids is 1. The molecule has 0 unspecified atom stereocenters. The first-order chi connectivity index (χ1) is 16.7. The number of methoxy groups -OCH3 is 1. The number of rotatable bonds is 6. The number of alkyl halides is 3. The van der Waals surface area contributed by atoms with Crippen LogP contribution < -0.4 is 0 Å². The topological polar surface area (TPSA) is 75.0 Å². The van der Waals surface area contributed by atoms with Gasteiger partial charge in [0, 0.05) is 23.8 Å². The van der Waals surface area contributed by atoms with Gasteiger partial charge < -0.3 is 9.84 Å². The summed E-state index contributed by atoms with van der Waals surface area (Å²) in [4.78, 5) is 15.3. The lowest BCUT2D eigenvalue weighted by Crippen LogP contribution is -2.16. The van der Waals surface area contributed by atoms with Crippen LogP contribution in [-0.2, 0) is 22.3 Å². The molecule has 1 aliphatic rings. The molecule has 192 valence electrons. The molecule has 0 saturated carbocycles. The van der Waals surface area contributed by atoms with Crippen LogP contribution in [0.2, 0.25) is 0 Å². The zero-order valence-electron chi connectivity index (χ0n) is 20.1. The Morgan fingerprint density at radius 2 is 1.89 bits per heavy atom. The van der Waals surface area contributed by atoms with Crippen molar-refractivity contribution in [3.63, 3.8) is 0 Å². The van der Waals surface area contributed by atoms with Gasteiger partial charge in [0.05, 0.1) is 37.4 Å². The number of carboxylic acid groups (broad SMARTS) is 1. The van der Waals surface area contributed by atoms with Crippen molar-refractivity contribution in [2.75, 3.05) is 20.3 Å². The van der Waals surface area contributed by atoms with Crippen molar-refractivity contribution < 1.29 is 27.8 Å². The highest BCUT2D eigenvalue weighted by Gasteiger charge is 2.30. The maximum atomic E-state index is 12.7. The van der Waals surface area contributed by atoms with Gasteiger partial charge in [-0.05, 0) is 38.3 Å². The molecule has 0 spiro atoms. The number of aryl methyl sites for hydroxylation is 1. The van der Waals surface area contributed by atoms with E-state index in [-0.39, 0.29) is 6.42 Å². The van der Waals surface area contributed by atoms with E-state index in [4.69, 9.17) is 5.11 Å². The van der Waals surface area contributed by atoms with E-state index >= 15 is 0 Å². The third-order valence-corrected chi connectivity index (χ3v) is 5.82. The van der Waals surface area contributed by atoms with Crippen molar-refractivity contribution in [1.29, 1.82) is 0 Å². The first-order valence-corrected chi connectivity index (χ1v) is 11.8. The Bertz CT molecular complexity index is 957. The molecule has 0 radical (unpaired) electrons. The van der Waals surface area contributed by atoms with Gasteiger partial charge in [0.15, 0.2) is 0 Å². The normalized spacial score (nSPS) is 15.3. The Kier molecular flexibility index (Phi) is 13.6. The van der Waals surface area contributed by atoms with Gasteiger partial charge >= 0.3 is 12.1 Å². The summed E-state index contributed by atoms with van der Waals surface area (Å²) in [6.45, 7) is 9.61. The average Bonchev–Trinajstić information content (AvgIpc) is 3.25. The average molecular weight is 512 g/mol. The molecule has 2 aromatic rings. The lowest BCUT2D eigenvalue weighted by molar-refractivity contribution is -0.138. The fourth-order valence-electron chi connectivity index (χ4n) is 2.82. The molecular formula is C25H32F3N3O3S. The quantitative estimate of drug-likeness (QED) is 0.444. The first-order valence-electron chi connectivity index (χ1n) is 11.0. The summed E-state index contributed by atoms with van der Waals surface area (Å²) in [7, 11) is 1.48. The third kappa shape index (κ3) is 11.3. The molecule has 3 rings (SSSR count). The number of benzene rings is 1. The highest BCUT2D eigenvalue weighted by molar-refractivity contribution is 7.15. The van der Waals surface area contributed by atoms with Crippen LogP contribution in [-0.4, -0.2) is 47.5 Å². The summed E-state index contributed by atoms with van der Waals surface area (Å²) in [5, 5.41) is 15.2. The number of carbonyl (C=O) groups is 1. The van der Waals surface area contributed by atoms with Gasteiger partial charge in [-0.2, -0.15) is 18.3 Å². The SMILES string of the molecule is C=C.COCCC(=O)O.Cc1nc(-c2ccc(C(F)(F)F)cc2)sc1CN1C/C=C\CCC/C=N\1. The van der Waals surface area contributed by atoms with E-state index in [1.165, 1.54) is 30.6 Å². The van der Waals surface area contributed by atoms with Gasteiger partial charge in [0.1, 0.15) is 5.01 Å². The van der Waals surface area contributed by atoms with Crippen molar-refractivity contribution in [3.8, 4) is 10.6 Å². The van der Waals surface area contributed by atoms with E-state index in [9.17, 15) is 18.0 Å². The minimum Gasteiger partial charge on any atom is -0.481 e. The number of aromatic nitrogens is 1. The first kappa shape index (κ1) is 30.1. The van der Waals surface area contributed by atoms with Gasteiger partial charge in [-0.3, -0.25) is 9.80 Å². The molecule has 0 aliphatic carbocycles. The second-order valence-corrected chi connectivity index (χ2v) is 8.37. The molecule has 0 bridgehead atoms. The minimum atomic E-state index is -4.32. The van der Waals surface area contributed by atoms with Crippen LogP contribution in [0.25, 0.3) is 10.6 Å². The lowest BCUT2D eigenvalue weighted by Gasteiger charge is -2.16. The lowest BCUT2D eigenvalue weighted by atomic mass is 10.1. The van der Waals surface area contributed by atoms with Crippen molar-refractivity contribution in [1.82, 2.24) is 9.99 Å². The fraction of sp³-hybridized carbons (Fsp3) is 0.400. The van der Waals surface area contributed by atoms with Crippen LogP contribution in [0, 0.1) is 6.92 Å². The van der Waals surface area contributed by atoms with Crippen molar-refractivity contribution in [2.45, 2.75) is 45.3 Å². The molecule has 1 aromatic heterocycles. The minimum absolute atomic E-state index is 0.0938. The smallest absolute Gasteiger partial charge is 0.416 e. The predicted octanol–water partition coefficient (Wildman–Crippen LogP) is 6.57. The second kappa shape index (κ2) is 15.8. The van der Waals surface area contributed by atoms with E-state index < -0.39 is 17.7 Å². The van der Waals surface area contributed by atoms with Crippen LogP contribution in [0.4, 0.5) is 13.2 Å². The number of hydrogen-bond acceptors (Lipinski definition) is 6. The fourth-order valence-corrected chi connectivity index (χ4v) is 3.90. The molecular weight excluding hydrogens is 479 g/mol. The van der Waals surface area contributed by atoms with Crippen LogP contribution >= 0.6 is 11.3 Å². The number of nitrogens with zero attached hydrogens (tertiary/aromatic N) is 3. The van der Waals surface area contributed by atoms with E-state index in [2.05, 4.69) is 40.1 Å². The summed E-state index contributed by atoms with van der Waals surface area (Å²) in [6.07, 6.45) is 5.14. The predicted molar refractivity (Wildman–Crippen MR) is 135 cm³/mol. The molecule has 1 aromatic carbocycles. The molecule has 0 saturated heterocycles. The van der Waals surface area contributed by atoms with E-state index in [0.717, 1.165) is 53.5 Å². The standard InChI is InChI=1S/C19H20F3N3S.C4H8O3.C2H4/c1-14-17(13-25-12-6-4-2-3-5-11-23-25)26-18(24-14)15-7-9-16(10-8-15)19(20,21)22;1-7-3-2-4(5)6;1-2/h4,6-11H,2-3,5,12-13H2,1H3;2-3H2,1H3,(H,5,6);1-2H2/b6-4-,23-11-;;. The Morgan fingerprint density at radius 3 is 2.46 bits per heavy atom. The number of ether oxygens (including phenoxy) is 1. The Morgan fingerprint density at radius 1 is 1.20 bits per heavy atom. The third-order valence-electron chi connectivity index (χ3n) is 4.63. The number of hydrogen-bond donors (Lipinski definition) is 1. The number of carboxylic acids is 1. The molecule has 6 nitrogen and oxygen atoms in total. The number of thiazole rings is 1. The molecule has 1 N–H and O–H groups in total. The van der Waals surface area contributed by atoms with Crippen LogP contribution in [0.5, 0.6) is 0 Å². The van der Waals surface area contributed by atoms with E-state index in [0.29, 0.717) is 18.7 Å². The molecule has 10 heteroatoms. The van der Waals surface area contributed by atoms with Gasteiger partial charge in [-0.15, -0.1) is 24.5 Å². The summed E-state index contributed by atoms with van der Waals surface area (Å²) in [6, 6.07) is 5.16. The largest absolute Gasteiger partial charge is 0.481 e. The molecule has 0 atom stereocenters. The Labute approximate surface area is 208 Å². The van der Waals surface area contributed by atoms with Crippen molar-refractivity contribution in [3.05, 3.63) is 65.7 Å². The van der Waals surface area contributed by atoms with Crippen molar-refractivity contribution >= 4 is 23.5 Å². The number of hydrazone groups is 1. The highest BCUT2D eigenvalue weighted by Crippen LogP contribution is 2.33. The second-order valence-electron chi connectivity index (χ2n) is 7.29. The van der Waals surface area contributed by atoms with Gasteiger partial charge in [0.25, 0.3) is 0 Å². The maximum absolute atomic E-state index is 12.7. The molecule has 0 amide bonds. The molecule has 1 aliphatic heterocycles. The van der Waals surface area contributed by atoms with Crippen LogP contribution in [0.1, 0.15) is 41.8 Å². The van der Waals surface area contributed by atoms with Crippen LogP contribution in [0.15, 0.2) is 54.7 Å². The summed E-state index contributed by atoms with van der Waals surface area (Å²) >= 11 is 1.50.